The maximum Gasteiger partial charge on any atom is 0.469 e. The molecule has 0 amide bonds. The summed E-state index contributed by atoms with van der Waals surface area (Å²) in [6.07, 6.45) is 8.52. The minimum Gasteiger partial charge on any atom is -0.508 e. The molecule has 1 N–H and O–H groups in total. The van der Waals surface area contributed by atoms with E-state index in [0.29, 0.717) is 43.6 Å². The molecule has 1 aliphatic rings. The molecule has 1 saturated carbocycles. The maximum absolute atomic E-state index is 10.3. The maximum atomic E-state index is 10.3. The quantitative estimate of drug-likeness (QED) is 0.0229. The zero-order valence-electron chi connectivity index (χ0n) is 60.2. The Morgan fingerprint density at radius 1 is 0.413 bits per heavy atom. The van der Waals surface area contributed by atoms with Crippen molar-refractivity contribution in [2.24, 2.45) is 11.8 Å². The lowest BCUT2D eigenvalue weighted by atomic mass is 9.75. The van der Waals surface area contributed by atoms with Crippen LogP contribution in [0.3, 0.4) is 0 Å². The summed E-state index contributed by atoms with van der Waals surface area (Å²) in [6.45, 7) is 45.0. The minimum atomic E-state index is -2.98. The molecule has 92 heavy (non-hydrogen) atoms. The molecule has 5 aromatic carbocycles. The molecule has 0 aromatic heterocycles. The van der Waals surface area contributed by atoms with Crippen LogP contribution in [-0.2, 0) is 31.3 Å². The fourth-order valence-electron chi connectivity index (χ4n) is 12.5. The molecule has 0 radical (unpaired) electrons. The first-order valence-electron chi connectivity index (χ1n) is 34.7. The van der Waals surface area contributed by atoms with Crippen LogP contribution in [0, 0.1) is 11.8 Å². The van der Waals surface area contributed by atoms with Gasteiger partial charge in [-0.25, -0.2) is 0 Å². The van der Waals surface area contributed by atoms with Gasteiger partial charge in [-0.15, -0.1) is 0 Å². The fraction of sp³-hybridized carbons (Fsp3) is 0.605. The molecule has 1 fully saturated rings. The SMILES string of the molecule is CCC(C)c1ccc(OC(C)OCC2CCC(COC(C)Oc3ccc(C(CC)CC(CC(CC(C)c4ccc(O)cc4)c4ccc(OC(C)OC(C)(C)C)cc4)c4ccc(OC(C)OCCC[Si](O[Si](C)(C)C)(O[Si](C)(C)C)O[Si](C)(C)C)cc4)cc3)CC2)cc1. The van der Waals surface area contributed by atoms with Gasteiger partial charge < -0.3 is 55.3 Å². The van der Waals surface area contributed by atoms with Crippen LogP contribution in [0.5, 0.6) is 28.7 Å². The summed E-state index contributed by atoms with van der Waals surface area (Å²) in [5, 5.41) is 10.3. The van der Waals surface area contributed by atoms with Crippen molar-refractivity contribution in [1.29, 1.82) is 0 Å². The second-order valence-electron chi connectivity index (χ2n) is 30.1. The second-order valence-corrected chi connectivity index (χ2v) is 47.1. The van der Waals surface area contributed by atoms with Gasteiger partial charge in [0.2, 0.25) is 0 Å². The Morgan fingerprint density at radius 3 is 1.13 bits per heavy atom. The van der Waals surface area contributed by atoms with Gasteiger partial charge in [0.1, 0.15) is 28.7 Å². The largest absolute Gasteiger partial charge is 0.508 e. The molecule has 1 aliphatic carbocycles. The van der Waals surface area contributed by atoms with Crippen LogP contribution in [0.1, 0.15) is 198 Å². The zero-order valence-corrected chi connectivity index (χ0v) is 64.2. The van der Waals surface area contributed by atoms with Crippen molar-refractivity contribution in [1.82, 2.24) is 0 Å². The van der Waals surface area contributed by atoms with Gasteiger partial charge in [-0.1, -0.05) is 88.4 Å². The van der Waals surface area contributed by atoms with E-state index >= 15 is 0 Å². The average molecular weight is 1340 g/mol. The van der Waals surface area contributed by atoms with E-state index in [9.17, 15) is 5.11 Å². The van der Waals surface area contributed by atoms with E-state index in [1.165, 1.54) is 27.8 Å². The smallest absolute Gasteiger partial charge is 0.469 e. The van der Waals surface area contributed by atoms with Crippen LogP contribution in [0.2, 0.25) is 65.0 Å². The van der Waals surface area contributed by atoms with E-state index in [1.807, 2.05) is 48.5 Å². The summed E-state index contributed by atoms with van der Waals surface area (Å²) in [6, 6.07) is 42.9. The molecule has 0 saturated heterocycles. The molecule has 0 aliphatic heterocycles. The number of rotatable bonds is 39. The molecule has 6 rings (SSSR count). The van der Waals surface area contributed by atoms with Gasteiger partial charge in [-0.2, -0.15) is 0 Å². The molecule has 9 unspecified atom stereocenters. The molecule has 512 valence electrons. The van der Waals surface area contributed by atoms with Gasteiger partial charge >= 0.3 is 8.80 Å². The Labute approximate surface area is 561 Å². The highest BCUT2D eigenvalue weighted by atomic mass is 28.5. The third-order valence-corrected chi connectivity index (χ3v) is 29.1. The van der Waals surface area contributed by atoms with E-state index < -0.39 is 46.3 Å². The summed E-state index contributed by atoms with van der Waals surface area (Å²) in [4.78, 5) is 0. The topological polar surface area (TPSA) is 122 Å². The number of ether oxygens (including phenoxy) is 8. The first-order chi connectivity index (χ1) is 43.2. The molecule has 5 aromatic rings. The van der Waals surface area contributed by atoms with Crippen LogP contribution >= 0.6 is 0 Å². The van der Waals surface area contributed by atoms with Crippen LogP contribution in [0.25, 0.3) is 0 Å². The Balaban J connectivity index is 1.13. The third kappa shape index (κ3) is 27.8. The van der Waals surface area contributed by atoms with Gasteiger partial charge in [-0.3, -0.25) is 0 Å². The molecular weight excluding hydrogens is 1220 g/mol. The summed E-state index contributed by atoms with van der Waals surface area (Å²) < 4.78 is 71.2. The predicted octanol–water partition coefficient (Wildman–Crippen LogP) is 21.1. The number of phenols is 1. The minimum absolute atomic E-state index is 0.183. The Morgan fingerprint density at radius 2 is 0.750 bits per heavy atom. The van der Waals surface area contributed by atoms with E-state index in [0.717, 1.165) is 87.2 Å². The fourth-order valence-corrected chi connectivity index (χ4v) is 27.2. The van der Waals surface area contributed by atoms with Crippen molar-refractivity contribution in [2.45, 2.75) is 266 Å². The van der Waals surface area contributed by atoms with E-state index in [1.54, 1.807) is 12.1 Å². The van der Waals surface area contributed by atoms with Gasteiger partial charge in [0.05, 0.1) is 25.4 Å². The van der Waals surface area contributed by atoms with E-state index in [4.69, 9.17) is 50.2 Å². The van der Waals surface area contributed by atoms with Crippen molar-refractivity contribution in [2.75, 3.05) is 19.8 Å². The average Bonchev–Trinajstić information content (AvgIpc) is 0.957. The van der Waals surface area contributed by atoms with Crippen LogP contribution < -0.4 is 18.9 Å². The highest BCUT2D eigenvalue weighted by molar-refractivity contribution is 6.90. The number of hydrogen-bond acceptors (Lipinski definition) is 12. The standard InChI is InChI=1S/C76H120O12Si4/c1-21-55(3)64-30-40-72(41-31-64)82-58(6)79-53-61-24-26-62(27-25-61)54-80-59(7)83-74-42-32-66(33-43-74)63(22-2)51-70(52-69(50-56(4)65-28-38-71(77)39-29-65)67-34-46-75(47-35-67)84-60(8)85-76(9,10)11)68-36-44-73(45-37-68)81-57(5)78-48-23-49-92(86-89(12,13)14,87-90(15,16)17)88-91(18,19)20/h28-47,55-63,69-70,77H,21-27,48-54H2,1-20H3. The normalized spacial score (nSPS) is 18.2. The monoisotopic (exact) mass is 1340 g/mol. The number of hydrogen-bond donors (Lipinski definition) is 1. The van der Waals surface area contributed by atoms with Crippen molar-refractivity contribution in [3.63, 3.8) is 0 Å². The molecule has 0 spiro atoms. The van der Waals surface area contributed by atoms with E-state index in [2.05, 4.69) is 196 Å². The highest BCUT2D eigenvalue weighted by Gasteiger charge is 2.49. The Bertz CT molecular complexity index is 2820. The van der Waals surface area contributed by atoms with Crippen molar-refractivity contribution in [3.05, 3.63) is 149 Å². The third-order valence-electron chi connectivity index (χ3n) is 17.0. The van der Waals surface area contributed by atoms with E-state index in [-0.39, 0.29) is 47.6 Å². The summed E-state index contributed by atoms with van der Waals surface area (Å²) >= 11 is 0. The first-order valence-corrected chi connectivity index (χ1v) is 46.9. The zero-order chi connectivity index (χ0) is 67.4. The second kappa shape index (κ2) is 35.6. The lowest BCUT2D eigenvalue weighted by Crippen LogP contribution is -2.60. The van der Waals surface area contributed by atoms with Gasteiger partial charge in [0.25, 0.3) is 0 Å². The lowest BCUT2D eigenvalue weighted by Gasteiger charge is -2.43. The summed E-state index contributed by atoms with van der Waals surface area (Å²) in [7, 11) is -8.97. The van der Waals surface area contributed by atoms with Gasteiger partial charge in [0, 0.05) is 6.04 Å². The molecule has 0 heterocycles. The number of aromatic hydroxyl groups is 1. The van der Waals surface area contributed by atoms with Gasteiger partial charge in [0.15, 0.2) is 50.1 Å². The Hall–Kier alpha value is -4.31. The molecule has 9 atom stereocenters. The van der Waals surface area contributed by atoms with Crippen LogP contribution in [0.15, 0.2) is 121 Å². The van der Waals surface area contributed by atoms with Crippen molar-refractivity contribution < 1.29 is 55.3 Å². The van der Waals surface area contributed by atoms with Gasteiger partial charge in [-0.05, 0) is 302 Å². The number of benzene rings is 5. The molecule has 16 heteroatoms. The first kappa shape index (κ1) is 76.7. The highest BCUT2D eigenvalue weighted by Crippen LogP contribution is 2.44. The van der Waals surface area contributed by atoms with Crippen molar-refractivity contribution >= 4 is 33.8 Å². The van der Waals surface area contributed by atoms with Crippen LogP contribution in [-0.4, -0.2) is 89.4 Å². The summed E-state index contributed by atoms with van der Waals surface area (Å²) in [5.74, 6) is 5.89. The van der Waals surface area contributed by atoms with Crippen molar-refractivity contribution in [3.8, 4) is 28.7 Å². The summed E-state index contributed by atoms with van der Waals surface area (Å²) in [5.41, 5.74) is 6.01. The lowest BCUT2D eigenvalue weighted by molar-refractivity contribution is -0.140. The predicted molar refractivity (Wildman–Crippen MR) is 386 cm³/mol. The molecule has 12 nitrogen and oxygen atoms in total. The molecular formula is C76H120O12Si4. The van der Waals surface area contributed by atoms with Crippen LogP contribution in [0.4, 0.5) is 0 Å². The molecule has 0 bridgehead atoms. The number of phenolic OH excluding ortho intramolecular Hbond substituents is 1. The Kier molecular flexibility index (Phi) is 29.7.